The molecule has 0 rings (SSSR count). The summed E-state index contributed by atoms with van der Waals surface area (Å²) in [6.07, 6.45) is 0. The molecule has 0 saturated heterocycles. The lowest BCUT2D eigenvalue weighted by Gasteiger charge is -1.61. The van der Waals surface area contributed by atoms with Crippen LogP contribution in [0.2, 0.25) is 0 Å². The van der Waals surface area contributed by atoms with E-state index in [1.54, 1.807) is 0 Å². The first-order valence-electron chi connectivity index (χ1n) is 1.12. The van der Waals surface area contributed by atoms with E-state index in [2.05, 4.69) is 17.6 Å². The van der Waals surface area contributed by atoms with E-state index in [9.17, 15) is 4.79 Å². The molecule has 0 aromatic carbocycles. The fourth-order valence-corrected chi connectivity index (χ4v) is 0.0978. The highest BCUT2D eigenvalue weighted by molar-refractivity contribution is 7.96. The van der Waals surface area contributed by atoms with Crippen LogP contribution in [0.5, 0.6) is 0 Å². The first-order chi connectivity index (χ1) is 2.77. The summed E-state index contributed by atoms with van der Waals surface area (Å²) >= 11 is 3.19. The number of nitrogens with one attached hydrogen (secondary N) is 1. The van der Waals surface area contributed by atoms with Gasteiger partial charge in [0.1, 0.15) is 0 Å². The Morgan fingerprint density at radius 3 is 2.50 bits per heavy atom. The molecule has 32 valence electrons. The Hall–Kier alpha value is -0.600. The zero-order valence-corrected chi connectivity index (χ0v) is 3.70. The van der Waals surface area contributed by atoms with Crippen LogP contribution in [0.25, 0.3) is 0 Å². The van der Waals surface area contributed by atoms with Crippen LogP contribution in [0.15, 0.2) is 4.99 Å². The molecule has 0 aliphatic heterocycles. The predicted molar refractivity (Wildman–Crippen MR) is 24.5 cm³/mol. The molecular weight excluding hydrogens is 100 g/mol. The molecule has 6 heavy (non-hydrogen) atoms. The molecule has 1 amide bonds. The van der Waals surface area contributed by atoms with Crippen LogP contribution in [0, 0.1) is 5.41 Å². The van der Waals surface area contributed by atoms with Gasteiger partial charge in [-0.3, -0.25) is 4.79 Å². The molecule has 0 aromatic rings. The van der Waals surface area contributed by atoms with E-state index in [0.717, 1.165) is 0 Å². The highest BCUT2D eigenvalue weighted by Gasteiger charge is 1.76. The topological polar surface area (TPSA) is 53.3 Å². The zero-order chi connectivity index (χ0) is 4.99. The van der Waals surface area contributed by atoms with Crippen LogP contribution in [0.3, 0.4) is 0 Å². The largest absolute Gasteiger partial charge is 0.311 e. The number of aliphatic imine (C=N–C) groups is 1. The second-order valence-electron chi connectivity index (χ2n) is 0.506. The van der Waals surface area contributed by atoms with Crippen LogP contribution in [-0.4, -0.2) is 11.2 Å². The Morgan fingerprint density at radius 2 is 2.50 bits per heavy atom. The summed E-state index contributed by atoms with van der Waals surface area (Å²) in [5.74, 6) is 0. The standard InChI is InChI=1S/C2H2N2OS/c3-1-4-2(5)6/h3H,(H,5,6). The molecular formula is C2H2N2OS. The van der Waals surface area contributed by atoms with Gasteiger partial charge in [0.15, 0.2) is 0 Å². The van der Waals surface area contributed by atoms with E-state index < -0.39 is 5.24 Å². The molecule has 4 heteroatoms. The average Bonchev–Trinajstić information content (AvgIpc) is 1.35. The van der Waals surface area contributed by atoms with Gasteiger partial charge < -0.3 is 0 Å². The minimum atomic E-state index is -0.690. The molecule has 0 bridgehead atoms. The van der Waals surface area contributed by atoms with Gasteiger partial charge in [-0.25, -0.2) is 5.41 Å². The summed E-state index contributed by atoms with van der Waals surface area (Å²) in [4.78, 5) is 12.3. The van der Waals surface area contributed by atoms with Crippen molar-refractivity contribution in [3.8, 4) is 0 Å². The van der Waals surface area contributed by atoms with Crippen molar-refractivity contribution >= 4 is 23.9 Å². The molecule has 0 saturated carbocycles. The lowest BCUT2D eigenvalue weighted by atomic mass is 11.3. The van der Waals surface area contributed by atoms with Crippen molar-refractivity contribution in [3.63, 3.8) is 0 Å². The van der Waals surface area contributed by atoms with Gasteiger partial charge in [-0.15, -0.1) is 4.99 Å². The maximum absolute atomic E-state index is 9.56. The lowest BCUT2D eigenvalue weighted by molar-refractivity contribution is 0.268. The van der Waals surface area contributed by atoms with Gasteiger partial charge in [0.2, 0.25) is 0 Å². The van der Waals surface area contributed by atoms with E-state index in [1.165, 1.54) is 6.01 Å². The molecule has 0 aliphatic carbocycles. The number of carbonyl (C=O) groups excluding carboxylic acids is 1. The van der Waals surface area contributed by atoms with Crippen molar-refractivity contribution < 1.29 is 4.79 Å². The third-order valence-electron chi connectivity index (χ3n) is 0.152. The molecule has 0 atom stereocenters. The second kappa shape index (κ2) is 2.63. The van der Waals surface area contributed by atoms with E-state index in [0.29, 0.717) is 0 Å². The summed E-state index contributed by atoms with van der Waals surface area (Å²) in [5, 5.41) is 5.36. The average molecular weight is 102 g/mol. The minimum Gasteiger partial charge on any atom is -0.259 e. The molecule has 0 fully saturated rings. The Bertz CT molecular complexity index is 104. The lowest BCUT2D eigenvalue weighted by Crippen LogP contribution is -1.66. The van der Waals surface area contributed by atoms with Crippen molar-refractivity contribution in [2.75, 3.05) is 0 Å². The van der Waals surface area contributed by atoms with Crippen molar-refractivity contribution in [3.05, 3.63) is 0 Å². The molecule has 0 spiro atoms. The highest BCUT2D eigenvalue weighted by Crippen LogP contribution is 1.77. The van der Waals surface area contributed by atoms with Crippen LogP contribution < -0.4 is 0 Å². The van der Waals surface area contributed by atoms with E-state index in [4.69, 9.17) is 5.41 Å². The van der Waals surface area contributed by atoms with Crippen molar-refractivity contribution in [2.24, 2.45) is 4.99 Å². The van der Waals surface area contributed by atoms with E-state index in [1.807, 2.05) is 0 Å². The van der Waals surface area contributed by atoms with Crippen LogP contribution in [-0.2, 0) is 0 Å². The van der Waals surface area contributed by atoms with Gasteiger partial charge in [0, 0.05) is 0 Å². The maximum atomic E-state index is 9.56. The first-order valence-corrected chi connectivity index (χ1v) is 1.57. The van der Waals surface area contributed by atoms with Crippen LogP contribution in [0.1, 0.15) is 0 Å². The fraction of sp³-hybridized carbons (Fsp3) is 0. The Labute approximate surface area is 40.0 Å². The van der Waals surface area contributed by atoms with Gasteiger partial charge in [0.05, 0.1) is 6.01 Å². The van der Waals surface area contributed by atoms with Crippen molar-refractivity contribution in [1.82, 2.24) is 0 Å². The van der Waals surface area contributed by atoms with E-state index >= 15 is 0 Å². The Morgan fingerprint density at radius 1 is 2.00 bits per heavy atom. The number of rotatable bonds is 0. The summed E-state index contributed by atoms with van der Waals surface area (Å²) in [6.45, 7) is 0. The molecule has 0 aliphatic rings. The van der Waals surface area contributed by atoms with Crippen molar-refractivity contribution in [1.29, 1.82) is 5.41 Å². The number of hydrogen-bond acceptors (Lipinski definition) is 2. The molecule has 0 heterocycles. The summed E-state index contributed by atoms with van der Waals surface area (Å²) < 4.78 is 0. The van der Waals surface area contributed by atoms with Gasteiger partial charge in [-0.2, -0.15) is 0 Å². The number of carbonyl (C=O) groups is 1. The normalized spacial score (nSPS) is 6.17. The second-order valence-corrected chi connectivity index (χ2v) is 0.889. The van der Waals surface area contributed by atoms with Crippen LogP contribution >= 0.6 is 12.6 Å². The summed E-state index contributed by atoms with van der Waals surface area (Å²) in [5.41, 5.74) is 0. The first kappa shape index (κ1) is 5.40. The van der Waals surface area contributed by atoms with Gasteiger partial charge in [0.25, 0.3) is 0 Å². The zero-order valence-electron chi connectivity index (χ0n) is 2.80. The minimum absolute atomic E-state index is 0.690. The summed E-state index contributed by atoms with van der Waals surface area (Å²) in [7, 11) is 0. The third kappa shape index (κ3) is 3.40. The quantitative estimate of drug-likeness (QED) is 0.345. The Balaban J connectivity index is 3.60. The molecule has 0 radical (unpaired) electrons. The number of thiol groups is 1. The molecule has 0 unspecified atom stereocenters. The SMILES string of the molecule is N=C=NC(=O)S. The maximum Gasteiger partial charge on any atom is 0.311 e. The van der Waals surface area contributed by atoms with Gasteiger partial charge in [-0.1, -0.05) is 12.6 Å². The smallest absolute Gasteiger partial charge is 0.259 e. The fourth-order valence-electron chi connectivity index (χ4n) is 0.0478. The van der Waals surface area contributed by atoms with Gasteiger partial charge >= 0.3 is 5.24 Å². The van der Waals surface area contributed by atoms with Gasteiger partial charge in [-0.05, 0) is 0 Å². The molecule has 0 aromatic heterocycles. The number of hydrogen-bond donors (Lipinski definition) is 2. The third-order valence-corrected chi connectivity index (χ3v) is 0.252. The number of nitrogens with zero attached hydrogens (tertiary/aromatic N) is 1. The molecule has 1 N–H and O–H groups in total. The Kier molecular flexibility index (Phi) is 2.36. The van der Waals surface area contributed by atoms with Crippen LogP contribution in [0.4, 0.5) is 4.79 Å². The highest BCUT2D eigenvalue weighted by atomic mass is 32.1. The number of amides is 1. The summed E-state index contributed by atoms with van der Waals surface area (Å²) in [6, 6.07) is 1.52. The molecule has 3 nitrogen and oxygen atoms in total. The predicted octanol–water partition coefficient (Wildman–Crippen LogP) is 0.789. The van der Waals surface area contributed by atoms with E-state index in [-0.39, 0.29) is 0 Å². The monoisotopic (exact) mass is 102 g/mol. The van der Waals surface area contributed by atoms with Crippen molar-refractivity contribution in [2.45, 2.75) is 0 Å².